The number of rotatable bonds is 12. The summed E-state index contributed by atoms with van der Waals surface area (Å²) in [6.07, 6.45) is 5.00. The molecular weight excluding hydrogens is 519 g/mol. The SMILES string of the molecule is Clc1ccc(CNCCCCCCNCc2ccc(Cl)cc2)cc1.O=C(O)c1ccc2ccccc2c1O. The number of phenols is 1. The Kier molecular flexibility index (Phi) is 12.4. The smallest absolute Gasteiger partial charge is 0.339 e. The standard InChI is InChI=1S/C20H26Cl2N2.C11H8O3/c21-19-9-5-17(6-10-19)15-23-13-3-1-2-4-14-24-16-18-7-11-20(22)12-8-18;12-10-8-4-2-1-3-7(8)5-6-9(10)11(13)14/h5-12,23-24H,1-4,13-16H2;1-6,12H,(H,13,14). The van der Waals surface area contributed by atoms with Crippen LogP contribution in [0.2, 0.25) is 10.0 Å². The summed E-state index contributed by atoms with van der Waals surface area (Å²) >= 11 is 11.8. The first-order chi connectivity index (χ1) is 18.4. The lowest BCUT2D eigenvalue weighted by Gasteiger charge is -2.06. The molecule has 200 valence electrons. The van der Waals surface area contributed by atoms with Crippen LogP contribution in [0.15, 0.2) is 84.9 Å². The van der Waals surface area contributed by atoms with Gasteiger partial charge in [-0.05, 0) is 72.8 Å². The normalized spacial score (nSPS) is 10.7. The molecule has 0 aliphatic carbocycles. The van der Waals surface area contributed by atoms with Gasteiger partial charge < -0.3 is 20.8 Å². The van der Waals surface area contributed by atoms with E-state index in [0.717, 1.165) is 41.6 Å². The molecule has 0 saturated heterocycles. The first-order valence-electron chi connectivity index (χ1n) is 12.8. The Balaban J connectivity index is 0.000000241. The van der Waals surface area contributed by atoms with Crippen molar-refractivity contribution in [3.05, 3.63) is 112 Å². The predicted octanol–water partition coefficient (Wildman–Crippen LogP) is 7.68. The third kappa shape index (κ3) is 9.99. The van der Waals surface area contributed by atoms with Crippen LogP contribution in [0.5, 0.6) is 5.75 Å². The molecule has 0 spiro atoms. The molecule has 0 unspecified atom stereocenters. The average Bonchev–Trinajstić information content (AvgIpc) is 2.92. The van der Waals surface area contributed by atoms with Gasteiger partial charge in [0.25, 0.3) is 0 Å². The van der Waals surface area contributed by atoms with Crippen LogP contribution in [0.1, 0.15) is 47.2 Å². The van der Waals surface area contributed by atoms with Crippen molar-refractivity contribution in [2.75, 3.05) is 13.1 Å². The molecule has 0 aliphatic rings. The van der Waals surface area contributed by atoms with Gasteiger partial charge in [-0.15, -0.1) is 0 Å². The van der Waals surface area contributed by atoms with E-state index < -0.39 is 5.97 Å². The molecule has 38 heavy (non-hydrogen) atoms. The molecule has 0 bridgehead atoms. The number of carbonyl (C=O) groups is 1. The number of nitrogens with one attached hydrogen (secondary N) is 2. The van der Waals surface area contributed by atoms with Gasteiger partial charge in [0.2, 0.25) is 0 Å². The molecule has 0 heterocycles. The van der Waals surface area contributed by atoms with Gasteiger partial charge in [-0.1, -0.05) is 90.6 Å². The summed E-state index contributed by atoms with van der Waals surface area (Å²) in [4.78, 5) is 10.7. The summed E-state index contributed by atoms with van der Waals surface area (Å²) in [6.45, 7) is 3.97. The summed E-state index contributed by atoms with van der Waals surface area (Å²) < 4.78 is 0. The maximum absolute atomic E-state index is 10.7. The van der Waals surface area contributed by atoms with Gasteiger partial charge in [0.15, 0.2) is 0 Å². The summed E-state index contributed by atoms with van der Waals surface area (Å²) in [5, 5.41) is 28.3. The fourth-order valence-electron chi connectivity index (χ4n) is 3.95. The van der Waals surface area contributed by atoms with Crippen molar-refractivity contribution >= 4 is 39.9 Å². The topological polar surface area (TPSA) is 81.6 Å². The Morgan fingerprint density at radius 2 is 1.16 bits per heavy atom. The van der Waals surface area contributed by atoms with Gasteiger partial charge in [-0.25, -0.2) is 4.79 Å². The van der Waals surface area contributed by atoms with E-state index >= 15 is 0 Å². The summed E-state index contributed by atoms with van der Waals surface area (Å²) in [5.41, 5.74) is 2.50. The second-order valence-corrected chi connectivity index (χ2v) is 9.88. The van der Waals surface area contributed by atoms with E-state index in [0.29, 0.717) is 5.39 Å². The second-order valence-electron chi connectivity index (χ2n) is 9.01. The number of hydrogen-bond acceptors (Lipinski definition) is 4. The monoisotopic (exact) mass is 552 g/mol. The minimum atomic E-state index is -1.12. The molecule has 4 aromatic carbocycles. The lowest BCUT2D eigenvalue weighted by Crippen LogP contribution is -2.16. The molecule has 4 N–H and O–H groups in total. The van der Waals surface area contributed by atoms with E-state index in [1.807, 2.05) is 36.4 Å². The van der Waals surface area contributed by atoms with Crippen LogP contribution in [0.4, 0.5) is 0 Å². The van der Waals surface area contributed by atoms with E-state index in [9.17, 15) is 9.90 Å². The minimum Gasteiger partial charge on any atom is -0.506 e. The zero-order valence-corrected chi connectivity index (χ0v) is 22.8. The van der Waals surface area contributed by atoms with Gasteiger partial charge in [-0.2, -0.15) is 0 Å². The summed E-state index contributed by atoms with van der Waals surface area (Å²) in [5.74, 6) is -1.29. The molecule has 4 aromatic rings. The van der Waals surface area contributed by atoms with Crippen molar-refractivity contribution in [2.45, 2.75) is 38.8 Å². The zero-order valence-electron chi connectivity index (χ0n) is 21.3. The minimum absolute atomic E-state index is 0.0660. The van der Waals surface area contributed by atoms with Crippen molar-refractivity contribution < 1.29 is 15.0 Å². The van der Waals surface area contributed by atoms with Gasteiger partial charge in [-0.3, -0.25) is 0 Å². The maximum atomic E-state index is 10.7. The van der Waals surface area contributed by atoms with E-state index in [1.165, 1.54) is 42.9 Å². The van der Waals surface area contributed by atoms with Crippen molar-refractivity contribution in [3.8, 4) is 5.75 Å². The highest BCUT2D eigenvalue weighted by atomic mass is 35.5. The van der Waals surface area contributed by atoms with E-state index in [2.05, 4.69) is 34.9 Å². The number of benzene rings is 4. The Hall–Kier alpha value is -3.09. The van der Waals surface area contributed by atoms with Crippen LogP contribution in [0, 0.1) is 0 Å². The van der Waals surface area contributed by atoms with E-state index in [1.54, 1.807) is 18.2 Å². The molecule has 0 amide bonds. The Labute approximate surface area is 234 Å². The predicted molar refractivity (Wildman–Crippen MR) is 157 cm³/mol. The molecule has 7 heteroatoms. The van der Waals surface area contributed by atoms with E-state index in [4.69, 9.17) is 28.3 Å². The highest BCUT2D eigenvalue weighted by molar-refractivity contribution is 6.30. The van der Waals surface area contributed by atoms with Crippen molar-refractivity contribution in [3.63, 3.8) is 0 Å². The molecule has 0 aromatic heterocycles. The van der Waals surface area contributed by atoms with Crippen LogP contribution >= 0.6 is 23.2 Å². The quantitative estimate of drug-likeness (QED) is 0.135. The zero-order chi connectivity index (χ0) is 27.2. The van der Waals surface area contributed by atoms with Crippen LogP contribution in [-0.2, 0) is 13.1 Å². The number of unbranched alkanes of at least 4 members (excludes halogenated alkanes) is 3. The molecule has 5 nitrogen and oxygen atoms in total. The van der Waals surface area contributed by atoms with Crippen LogP contribution in [0.3, 0.4) is 0 Å². The second kappa shape index (κ2) is 16.0. The van der Waals surface area contributed by atoms with Crippen molar-refractivity contribution in [1.82, 2.24) is 10.6 Å². The molecule has 0 atom stereocenters. The number of halogens is 2. The number of carboxylic acid groups (broad SMARTS) is 1. The Bertz CT molecular complexity index is 1230. The summed E-state index contributed by atoms with van der Waals surface area (Å²) in [6, 6.07) is 26.2. The lowest BCUT2D eigenvalue weighted by molar-refractivity contribution is 0.0694. The number of aromatic carboxylic acids is 1. The van der Waals surface area contributed by atoms with Crippen LogP contribution in [0.25, 0.3) is 10.8 Å². The highest BCUT2D eigenvalue weighted by Gasteiger charge is 2.11. The molecule has 0 saturated carbocycles. The third-order valence-electron chi connectivity index (χ3n) is 6.07. The largest absolute Gasteiger partial charge is 0.506 e. The number of fused-ring (bicyclic) bond motifs is 1. The fourth-order valence-corrected chi connectivity index (χ4v) is 4.20. The van der Waals surface area contributed by atoms with Gasteiger partial charge >= 0.3 is 5.97 Å². The van der Waals surface area contributed by atoms with Crippen molar-refractivity contribution in [1.29, 1.82) is 0 Å². The van der Waals surface area contributed by atoms with Gasteiger partial charge in [0.1, 0.15) is 11.3 Å². The average molecular weight is 554 g/mol. The maximum Gasteiger partial charge on any atom is 0.339 e. The molecule has 4 rings (SSSR count). The first-order valence-corrected chi connectivity index (χ1v) is 13.5. The van der Waals surface area contributed by atoms with Crippen LogP contribution in [-0.4, -0.2) is 29.3 Å². The number of carboxylic acids is 1. The molecule has 0 radical (unpaired) electrons. The van der Waals surface area contributed by atoms with Gasteiger partial charge in [0.05, 0.1) is 0 Å². The van der Waals surface area contributed by atoms with Crippen molar-refractivity contribution in [2.24, 2.45) is 0 Å². The Morgan fingerprint density at radius 3 is 1.66 bits per heavy atom. The molecule has 0 aliphatic heterocycles. The van der Waals surface area contributed by atoms with Crippen LogP contribution < -0.4 is 10.6 Å². The highest BCUT2D eigenvalue weighted by Crippen LogP contribution is 2.28. The summed E-state index contributed by atoms with van der Waals surface area (Å²) in [7, 11) is 0. The Morgan fingerprint density at radius 1 is 0.658 bits per heavy atom. The fraction of sp³-hybridized carbons (Fsp3) is 0.258. The molecular formula is C31H34Cl2N2O3. The third-order valence-corrected chi connectivity index (χ3v) is 6.58. The van der Waals surface area contributed by atoms with E-state index in [-0.39, 0.29) is 11.3 Å². The number of hydrogen-bond donors (Lipinski definition) is 4. The number of aromatic hydroxyl groups is 1. The van der Waals surface area contributed by atoms with Gasteiger partial charge in [0, 0.05) is 28.5 Å². The lowest BCUT2D eigenvalue weighted by atomic mass is 10.1. The first kappa shape index (κ1) is 29.5. The molecule has 0 fully saturated rings.